The molecule has 0 saturated carbocycles. The summed E-state index contributed by atoms with van der Waals surface area (Å²) < 4.78 is 5.32. The molecule has 0 saturated heterocycles. The molecule has 0 radical (unpaired) electrons. The summed E-state index contributed by atoms with van der Waals surface area (Å²) in [7, 11) is 0. The second kappa shape index (κ2) is 7.20. The Morgan fingerprint density at radius 1 is 1.30 bits per heavy atom. The van der Waals surface area contributed by atoms with Crippen molar-refractivity contribution in [2.45, 2.75) is 37.0 Å². The summed E-state index contributed by atoms with van der Waals surface area (Å²) in [6, 6.07) is 11.7. The van der Waals surface area contributed by atoms with Crippen LogP contribution in [0, 0.1) is 0 Å². The largest absolute Gasteiger partial charge is 0.468 e. The maximum atomic E-state index is 12.2. The molecular formula is C16H19NO2S. The number of furan rings is 1. The number of hydrogen-bond acceptors (Lipinski definition) is 3. The van der Waals surface area contributed by atoms with Crippen molar-refractivity contribution in [3.8, 4) is 0 Å². The second-order valence-electron chi connectivity index (χ2n) is 4.65. The highest BCUT2D eigenvalue weighted by Gasteiger charge is 2.13. The molecule has 106 valence electrons. The SMILES string of the molecule is CCC(C)NC(=O)c1ccccc1SCc1ccco1. The molecule has 1 heterocycles. The van der Waals surface area contributed by atoms with E-state index in [1.54, 1.807) is 18.0 Å². The third-order valence-electron chi connectivity index (χ3n) is 3.07. The molecule has 20 heavy (non-hydrogen) atoms. The fourth-order valence-electron chi connectivity index (χ4n) is 1.73. The zero-order chi connectivity index (χ0) is 14.4. The molecular weight excluding hydrogens is 270 g/mol. The van der Waals surface area contributed by atoms with Gasteiger partial charge in [-0.25, -0.2) is 0 Å². The number of hydrogen-bond donors (Lipinski definition) is 1. The van der Waals surface area contributed by atoms with E-state index in [2.05, 4.69) is 12.2 Å². The van der Waals surface area contributed by atoms with Crippen LogP contribution < -0.4 is 5.32 Å². The molecule has 0 aliphatic heterocycles. The van der Waals surface area contributed by atoms with Crippen LogP contribution in [-0.4, -0.2) is 11.9 Å². The Morgan fingerprint density at radius 2 is 2.10 bits per heavy atom. The Kier molecular flexibility index (Phi) is 5.30. The van der Waals surface area contributed by atoms with Crippen LogP contribution in [0.2, 0.25) is 0 Å². The summed E-state index contributed by atoms with van der Waals surface area (Å²) in [5.41, 5.74) is 0.726. The van der Waals surface area contributed by atoms with Gasteiger partial charge in [0.1, 0.15) is 5.76 Å². The summed E-state index contributed by atoms with van der Waals surface area (Å²) in [5.74, 6) is 1.62. The number of carbonyl (C=O) groups excluding carboxylic acids is 1. The van der Waals surface area contributed by atoms with Gasteiger partial charge in [-0.1, -0.05) is 19.1 Å². The summed E-state index contributed by atoms with van der Waals surface area (Å²) >= 11 is 1.61. The molecule has 2 aromatic rings. The molecule has 0 aliphatic rings. The predicted molar refractivity (Wildman–Crippen MR) is 81.9 cm³/mol. The second-order valence-corrected chi connectivity index (χ2v) is 5.66. The quantitative estimate of drug-likeness (QED) is 0.814. The molecule has 1 aromatic carbocycles. The predicted octanol–water partition coefficient (Wildman–Crippen LogP) is 4.10. The lowest BCUT2D eigenvalue weighted by molar-refractivity contribution is 0.0936. The van der Waals surface area contributed by atoms with Gasteiger partial charge in [0.2, 0.25) is 0 Å². The number of nitrogens with one attached hydrogen (secondary N) is 1. The van der Waals surface area contributed by atoms with Gasteiger partial charge >= 0.3 is 0 Å². The Balaban J connectivity index is 2.07. The van der Waals surface area contributed by atoms with Crippen molar-refractivity contribution in [1.82, 2.24) is 5.32 Å². The van der Waals surface area contributed by atoms with Crippen molar-refractivity contribution in [2.24, 2.45) is 0 Å². The molecule has 0 fully saturated rings. The van der Waals surface area contributed by atoms with Crippen molar-refractivity contribution >= 4 is 17.7 Å². The first-order valence-corrected chi connectivity index (χ1v) is 7.74. The summed E-state index contributed by atoms with van der Waals surface area (Å²) in [6.45, 7) is 4.07. The van der Waals surface area contributed by atoms with Gasteiger partial charge in [0, 0.05) is 10.9 Å². The normalized spacial score (nSPS) is 12.1. The van der Waals surface area contributed by atoms with Crippen molar-refractivity contribution in [2.75, 3.05) is 0 Å². The van der Waals surface area contributed by atoms with E-state index in [0.29, 0.717) is 0 Å². The Morgan fingerprint density at radius 3 is 2.80 bits per heavy atom. The van der Waals surface area contributed by atoms with Crippen molar-refractivity contribution in [3.05, 3.63) is 54.0 Å². The van der Waals surface area contributed by atoms with E-state index in [0.717, 1.165) is 28.4 Å². The van der Waals surface area contributed by atoms with Crippen LogP contribution in [0.15, 0.2) is 52.0 Å². The Hall–Kier alpha value is -1.68. The van der Waals surface area contributed by atoms with E-state index in [-0.39, 0.29) is 11.9 Å². The number of carbonyl (C=O) groups is 1. The van der Waals surface area contributed by atoms with Crippen LogP contribution in [0.4, 0.5) is 0 Å². The van der Waals surface area contributed by atoms with Crippen LogP contribution in [0.25, 0.3) is 0 Å². The van der Waals surface area contributed by atoms with Gasteiger partial charge in [-0.3, -0.25) is 4.79 Å². The van der Waals surface area contributed by atoms with Crippen LogP contribution in [0.3, 0.4) is 0 Å². The lowest BCUT2D eigenvalue weighted by Crippen LogP contribution is -2.32. The zero-order valence-corrected chi connectivity index (χ0v) is 12.6. The summed E-state index contributed by atoms with van der Waals surface area (Å²) in [6.07, 6.45) is 2.59. The van der Waals surface area contributed by atoms with Gasteiger partial charge in [-0.2, -0.15) is 0 Å². The lowest BCUT2D eigenvalue weighted by atomic mass is 10.2. The molecule has 0 aliphatic carbocycles. The number of rotatable bonds is 6. The molecule has 1 atom stereocenters. The van der Waals surface area contributed by atoms with Crippen LogP contribution in [0.5, 0.6) is 0 Å². The highest BCUT2D eigenvalue weighted by Crippen LogP contribution is 2.26. The van der Waals surface area contributed by atoms with Gasteiger partial charge in [-0.05, 0) is 37.6 Å². The molecule has 1 aromatic heterocycles. The maximum absolute atomic E-state index is 12.2. The van der Waals surface area contributed by atoms with Crippen LogP contribution >= 0.6 is 11.8 Å². The zero-order valence-electron chi connectivity index (χ0n) is 11.8. The highest BCUT2D eigenvalue weighted by atomic mass is 32.2. The lowest BCUT2D eigenvalue weighted by Gasteiger charge is -2.13. The van der Waals surface area contributed by atoms with Crippen LogP contribution in [-0.2, 0) is 5.75 Å². The van der Waals surface area contributed by atoms with Gasteiger partial charge in [0.15, 0.2) is 0 Å². The smallest absolute Gasteiger partial charge is 0.252 e. The molecule has 0 spiro atoms. The van der Waals surface area contributed by atoms with E-state index in [1.165, 1.54) is 0 Å². The number of thioether (sulfide) groups is 1. The van der Waals surface area contributed by atoms with E-state index in [4.69, 9.17) is 4.42 Å². The van der Waals surface area contributed by atoms with Gasteiger partial charge in [0.05, 0.1) is 17.6 Å². The third kappa shape index (κ3) is 3.90. The fourth-order valence-corrected chi connectivity index (χ4v) is 2.68. The average molecular weight is 289 g/mol. The molecule has 1 N–H and O–H groups in total. The summed E-state index contributed by atoms with van der Waals surface area (Å²) in [5, 5.41) is 3.00. The minimum absolute atomic E-state index is 0.0121. The molecule has 2 rings (SSSR count). The Bertz CT molecular complexity index is 551. The number of amides is 1. The third-order valence-corrected chi connectivity index (χ3v) is 4.17. The van der Waals surface area contributed by atoms with Crippen LogP contribution in [0.1, 0.15) is 36.4 Å². The standard InChI is InChI=1S/C16H19NO2S/c1-3-12(2)17-16(18)14-8-4-5-9-15(14)20-11-13-7-6-10-19-13/h4-10,12H,3,11H2,1-2H3,(H,17,18). The molecule has 4 heteroatoms. The molecule has 1 amide bonds. The minimum Gasteiger partial charge on any atom is -0.468 e. The number of benzene rings is 1. The molecule has 1 unspecified atom stereocenters. The van der Waals surface area contributed by atoms with Crippen molar-refractivity contribution < 1.29 is 9.21 Å². The first-order chi connectivity index (χ1) is 9.70. The average Bonchev–Trinajstić information content (AvgIpc) is 2.98. The van der Waals surface area contributed by atoms with E-state index < -0.39 is 0 Å². The van der Waals surface area contributed by atoms with Gasteiger partial charge < -0.3 is 9.73 Å². The molecule has 0 bridgehead atoms. The molecule has 3 nitrogen and oxygen atoms in total. The van der Waals surface area contributed by atoms with E-state index in [9.17, 15) is 4.79 Å². The first kappa shape index (κ1) is 14.7. The monoisotopic (exact) mass is 289 g/mol. The first-order valence-electron chi connectivity index (χ1n) is 6.75. The van der Waals surface area contributed by atoms with Gasteiger partial charge in [0.25, 0.3) is 5.91 Å². The maximum Gasteiger partial charge on any atom is 0.252 e. The highest BCUT2D eigenvalue weighted by molar-refractivity contribution is 7.98. The van der Waals surface area contributed by atoms with E-state index >= 15 is 0 Å². The fraction of sp³-hybridized carbons (Fsp3) is 0.312. The van der Waals surface area contributed by atoms with Gasteiger partial charge in [-0.15, -0.1) is 11.8 Å². The Labute approximate surface area is 123 Å². The topological polar surface area (TPSA) is 42.2 Å². The summed E-state index contributed by atoms with van der Waals surface area (Å²) in [4.78, 5) is 13.2. The van der Waals surface area contributed by atoms with E-state index in [1.807, 2.05) is 43.3 Å². The minimum atomic E-state index is -0.0121. The van der Waals surface area contributed by atoms with Crippen molar-refractivity contribution in [3.63, 3.8) is 0 Å². The van der Waals surface area contributed by atoms with Crippen molar-refractivity contribution in [1.29, 1.82) is 0 Å².